The predicted molar refractivity (Wildman–Crippen MR) is 76.8 cm³/mol. The fourth-order valence-electron chi connectivity index (χ4n) is 2.38. The van der Waals surface area contributed by atoms with Gasteiger partial charge in [0.2, 0.25) is 0 Å². The molecular weight excluding hydrogens is 246 g/mol. The van der Waals surface area contributed by atoms with Gasteiger partial charge in [0.15, 0.2) is 11.6 Å². The summed E-state index contributed by atoms with van der Waals surface area (Å²) in [4.78, 5) is 25.3. The molecule has 102 valence electrons. The van der Waals surface area contributed by atoms with Gasteiger partial charge in [0.25, 0.3) is 0 Å². The molecule has 3 nitrogen and oxygen atoms in total. The molecule has 1 aliphatic carbocycles. The van der Waals surface area contributed by atoms with E-state index in [1.807, 2.05) is 13.8 Å². The van der Waals surface area contributed by atoms with Gasteiger partial charge >= 0.3 is 0 Å². The Morgan fingerprint density at radius 2 is 1.67 bits per heavy atom. The molecule has 0 bridgehead atoms. The molecule has 18 heavy (non-hydrogen) atoms. The number of thiocarbonyl (C=S) groups is 1. The minimum Gasteiger partial charge on any atom is -0.303 e. The largest absolute Gasteiger partial charge is 0.303 e. The number of Topliss-reactive ketones (excluding diaryl/α,β-unsaturated/α-hetero) is 2. The third kappa shape index (κ3) is 2.41. The summed E-state index contributed by atoms with van der Waals surface area (Å²) in [6.45, 7) is 11.9. The average molecular weight is 269 g/mol. The van der Waals surface area contributed by atoms with Crippen molar-refractivity contribution in [3.8, 4) is 0 Å². The van der Waals surface area contributed by atoms with Gasteiger partial charge in [-0.1, -0.05) is 26.1 Å². The maximum Gasteiger partial charge on any atom is 0.167 e. The minimum atomic E-state index is -0.958. The molecular formula is C14H23NO2S. The van der Waals surface area contributed by atoms with Crippen molar-refractivity contribution in [2.24, 2.45) is 16.7 Å². The SMILES string of the molecule is CC(C)CNC1C(=O)C(C)(C)C(=O)C(C)(C)C1=S. The van der Waals surface area contributed by atoms with Gasteiger partial charge in [-0.2, -0.15) is 0 Å². The highest BCUT2D eigenvalue weighted by Crippen LogP contribution is 2.39. The van der Waals surface area contributed by atoms with Crippen molar-refractivity contribution in [3.63, 3.8) is 0 Å². The van der Waals surface area contributed by atoms with Crippen molar-refractivity contribution in [3.05, 3.63) is 0 Å². The molecule has 0 heterocycles. The molecule has 0 saturated heterocycles. The van der Waals surface area contributed by atoms with E-state index >= 15 is 0 Å². The fraction of sp³-hybridized carbons (Fsp3) is 0.786. The van der Waals surface area contributed by atoms with Crippen LogP contribution in [0.3, 0.4) is 0 Å². The zero-order chi connectivity index (χ0) is 14.3. The van der Waals surface area contributed by atoms with Crippen LogP contribution < -0.4 is 5.32 Å². The Bertz CT molecular complexity index is 367. The van der Waals surface area contributed by atoms with Crippen molar-refractivity contribution in [1.82, 2.24) is 5.32 Å². The van der Waals surface area contributed by atoms with E-state index in [-0.39, 0.29) is 11.6 Å². The maximum absolute atomic E-state index is 12.4. The number of hydrogen-bond acceptors (Lipinski definition) is 4. The molecule has 0 radical (unpaired) electrons. The maximum atomic E-state index is 12.4. The summed E-state index contributed by atoms with van der Waals surface area (Å²) in [5, 5.41) is 3.21. The third-order valence-corrected chi connectivity index (χ3v) is 4.37. The van der Waals surface area contributed by atoms with E-state index in [1.165, 1.54) is 0 Å². The zero-order valence-corrected chi connectivity index (χ0v) is 12.9. The Morgan fingerprint density at radius 3 is 2.11 bits per heavy atom. The monoisotopic (exact) mass is 269 g/mol. The quantitative estimate of drug-likeness (QED) is 0.630. The first kappa shape index (κ1) is 15.4. The van der Waals surface area contributed by atoms with Crippen LogP contribution in [0.2, 0.25) is 0 Å². The van der Waals surface area contributed by atoms with Crippen molar-refractivity contribution in [2.45, 2.75) is 47.6 Å². The van der Waals surface area contributed by atoms with Crippen molar-refractivity contribution in [1.29, 1.82) is 0 Å². The zero-order valence-electron chi connectivity index (χ0n) is 12.1. The minimum absolute atomic E-state index is 0.0763. The van der Waals surface area contributed by atoms with Crippen LogP contribution in [0.15, 0.2) is 0 Å². The first-order chi connectivity index (χ1) is 8.02. The molecule has 1 fully saturated rings. The normalized spacial score (nSPS) is 26.8. The van der Waals surface area contributed by atoms with Crippen LogP contribution in [0.4, 0.5) is 0 Å². The summed E-state index contributed by atoms with van der Waals surface area (Å²) in [5.74, 6) is 0.259. The third-order valence-electron chi connectivity index (χ3n) is 3.62. The second-order valence-corrected chi connectivity index (χ2v) is 6.98. The average Bonchev–Trinajstić information content (AvgIpc) is 2.25. The van der Waals surface area contributed by atoms with Gasteiger partial charge in [-0.05, 0) is 40.2 Å². The smallest absolute Gasteiger partial charge is 0.167 e. The van der Waals surface area contributed by atoms with Gasteiger partial charge in [-0.25, -0.2) is 0 Å². The number of carbonyl (C=O) groups is 2. The molecule has 0 aromatic rings. The van der Waals surface area contributed by atoms with E-state index in [9.17, 15) is 9.59 Å². The number of carbonyl (C=O) groups excluding carboxylic acids is 2. The van der Waals surface area contributed by atoms with Gasteiger partial charge in [0, 0.05) is 4.86 Å². The van der Waals surface area contributed by atoms with Gasteiger partial charge in [0.1, 0.15) is 6.04 Å². The molecule has 1 N–H and O–H groups in total. The Morgan fingerprint density at radius 1 is 1.17 bits per heavy atom. The van der Waals surface area contributed by atoms with Gasteiger partial charge in [-0.15, -0.1) is 0 Å². The molecule has 0 aliphatic heterocycles. The molecule has 0 amide bonds. The number of hydrogen-bond donors (Lipinski definition) is 1. The van der Waals surface area contributed by atoms with E-state index < -0.39 is 16.9 Å². The Balaban J connectivity index is 3.08. The first-order valence-corrected chi connectivity index (χ1v) is 6.80. The Labute approximate surface area is 115 Å². The lowest BCUT2D eigenvalue weighted by atomic mass is 9.61. The van der Waals surface area contributed by atoms with Crippen LogP contribution in [0.5, 0.6) is 0 Å². The molecule has 4 heteroatoms. The lowest BCUT2D eigenvalue weighted by molar-refractivity contribution is -0.144. The second-order valence-electron chi connectivity index (χ2n) is 6.54. The van der Waals surface area contributed by atoms with Gasteiger partial charge in [0.05, 0.1) is 10.8 Å². The fourth-order valence-corrected chi connectivity index (χ4v) is 2.67. The highest BCUT2D eigenvalue weighted by Gasteiger charge is 2.55. The number of ketones is 2. The summed E-state index contributed by atoms with van der Waals surface area (Å²) >= 11 is 5.37. The predicted octanol–water partition coefficient (Wildman–Crippen LogP) is 2.17. The molecule has 0 aromatic carbocycles. The topological polar surface area (TPSA) is 46.2 Å². The van der Waals surface area contributed by atoms with E-state index in [4.69, 9.17) is 12.2 Å². The Kier molecular flexibility index (Phi) is 4.13. The van der Waals surface area contributed by atoms with Crippen LogP contribution in [0, 0.1) is 16.7 Å². The van der Waals surface area contributed by atoms with E-state index in [0.717, 1.165) is 6.54 Å². The lowest BCUT2D eigenvalue weighted by Crippen LogP contribution is -2.63. The van der Waals surface area contributed by atoms with E-state index in [2.05, 4.69) is 19.2 Å². The molecule has 1 aliphatic rings. The second kappa shape index (κ2) is 4.82. The molecule has 0 spiro atoms. The summed E-state index contributed by atoms with van der Waals surface area (Å²) in [6, 6.07) is -0.481. The lowest BCUT2D eigenvalue weighted by Gasteiger charge is -2.43. The van der Waals surface area contributed by atoms with Gasteiger partial charge < -0.3 is 5.32 Å². The van der Waals surface area contributed by atoms with Crippen LogP contribution in [-0.4, -0.2) is 29.0 Å². The molecule has 1 rings (SSSR count). The molecule has 1 unspecified atom stereocenters. The van der Waals surface area contributed by atoms with Crippen LogP contribution in [-0.2, 0) is 9.59 Å². The van der Waals surface area contributed by atoms with Gasteiger partial charge in [-0.3, -0.25) is 9.59 Å². The van der Waals surface area contributed by atoms with Crippen molar-refractivity contribution in [2.75, 3.05) is 6.54 Å². The van der Waals surface area contributed by atoms with Crippen molar-refractivity contribution >= 4 is 28.6 Å². The summed E-state index contributed by atoms with van der Waals surface area (Å²) in [7, 11) is 0. The first-order valence-electron chi connectivity index (χ1n) is 6.39. The van der Waals surface area contributed by atoms with E-state index in [1.54, 1.807) is 13.8 Å². The Hall–Kier alpha value is -0.610. The summed E-state index contributed by atoms with van der Waals surface area (Å²) < 4.78 is 0. The van der Waals surface area contributed by atoms with Crippen LogP contribution >= 0.6 is 12.2 Å². The summed E-state index contributed by atoms with van der Waals surface area (Å²) in [6.07, 6.45) is 0. The van der Waals surface area contributed by atoms with Crippen LogP contribution in [0.25, 0.3) is 0 Å². The highest BCUT2D eigenvalue weighted by atomic mass is 32.1. The summed E-state index contributed by atoms with van der Waals surface area (Å²) in [5.41, 5.74) is -1.68. The number of rotatable bonds is 3. The molecule has 1 saturated carbocycles. The highest BCUT2D eigenvalue weighted by molar-refractivity contribution is 7.80. The standard InChI is InChI=1S/C14H23NO2S/c1-8(2)7-15-9-10(16)13(3,4)12(17)14(5,6)11(9)18/h8-9,15H,7H2,1-6H3. The van der Waals surface area contributed by atoms with Crippen molar-refractivity contribution < 1.29 is 9.59 Å². The number of nitrogens with one attached hydrogen (secondary N) is 1. The van der Waals surface area contributed by atoms with E-state index in [0.29, 0.717) is 10.8 Å². The molecule has 1 atom stereocenters. The molecule has 0 aromatic heterocycles. The van der Waals surface area contributed by atoms with Crippen LogP contribution in [0.1, 0.15) is 41.5 Å².